The van der Waals surface area contributed by atoms with Gasteiger partial charge in [0.2, 0.25) is 0 Å². The molecule has 0 unspecified atom stereocenters. The molecule has 6 heteroatoms. The Balaban J connectivity index is 1.69. The van der Waals surface area contributed by atoms with Gasteiger partial charge < -0.3 is 9.64 Å². The predicted molar refractivity (Wildman–Crippen MR) is 77.2 cm³/mol. The Bertz CT molecular complexity index is 618. The molecule has 1 amide bonds. The minimum absolute atomic E-state index is 0.0253. The Morgan fingerprint density at radius 2 is 2.29 bits per heavy atom. The number of pyridine rings is 1. The number of carbonyl (C=O) groups is 1. The predicted octanol–water partition coefficient (Wildman–Crippen LogP) is 1.38. The molecule has 21 heavy (non-hydrogen) atoms. The average molecular weight is 286 g/mol. The number of rotatable bonds is 4. The summed E-state index contributed by atoms with van der Waals surface area (Å²) < 4.78 is 6.88. The SMILES string of the molecule is CN(CC1(C)COC1)C(=O)c1ccc(-n2cccn2)nc1. The second-order valence-electron chi connectivity index (χ2n) is 5.82. The highest BCUT2D eigenvalue weighted by molar-refractivity contribution is 5.93. The van der Waals surface area contributed by atoms with Gasteiger partial charge >= 0.3 is 0 Å². The van der Waals surface area contributed by atoms with Crippen LogP contribution in [0.4, 0.5) is 0 Å². The van der Waals surface area contributed by atoms with Crippen LogP contribution in [0.3, 0.4) is 0 Å². The molecule has 0 spiro atoms. The quantitative estimate of drug-likeness (QED) is 0.852. The second-order valence-corrected chi connectivity index (χ2v) is 5.82. The first-order valence-electron chi connectivity index (χ1n) is 6.87. The maximum Gasteiger partial charge on any atom is 0.255 e. The van der Waals surface area contributed by atoms with Crippen LogP contribution in [-0.4, -0.2) is 52.4 Å². The number of aromatic nitrogens is 3. The third-order valence-electron chi connectivity index (χ3n) is 3.60. The maximum atomic E-state index is 12.4. The number of ether oxygens (including phenoxy) is 1. The zero-order chi connectivity index (χ0) is 14.9. The van der Waals surface area contributed by atoms with Gasteiger partial charge in [-0.05, 0) is 18.2 Å². The Kier molecular flexibility index (Phi) is 3.47. The van der Waals surface area contributed by atoms with Crippen LogP contribution in [-0.2, 0) is 4.74 Å². The standard InChI is InChI=1S/C15H18N4O2/c1-15(10-21-11-15)9-18(2)14(20)12-4-5-13(16-8-12)19-7-3-6-17-19/h3-8H,9-11H2,1-2H3. The number of hydrogen-bond acceptors (Lipinski definition) is 4. The fourth-order valence-electron chi connectivity index (χ4n) is 2.46. The van der Waals surface area contributed by atoms with Gasteiger partial charge in [-0.15, -0.1) is 0 Å². The van der Waals surface area contributed by atoms with E-state index in [2.05, 4.69) is 17.0 Å². The van der Waals surface area contributed by atoms with E-state index < -0.39 is 0 Å². The molecule has 6 nitrogen and oxygen atoms in total. The number of amides is 1. The Morgan fingerprint density at radius 3 is 2.81 bits per heavy atom. The summed E-state index contributed by atoms with van der Waals surface area (Å²) in [5.41, 5.74) is 0.657. The van der Waals surface area contributed by atoms with E-state index in [1.807, 2.05) is 19.3 Å². The van der Waals surface area contributed by atoms with Gasteiger partial charge in [-0.1, -0.05) is 6.92 Å². The highest BCUT2D eigenvalue weighted by Crippen LogP contribution is 2.27. The van der Waals surface area contributed by atoms with Crippen molar-refractivity contribution in [2.24, 2.45) is 5.41 Å². The van der Waals surface area contributed by atoms with Crippen LogP contribution in [0.25, 0.3) is 5.82 Å². The van der Waals surface area contributed by atoms with Crippen LogP contribution >= 0.6 is 0 Å². The van der Waals surface area contributed by atoms with Crippen LogP contribution in [0.5, 0.6) is 0 Å². The van der Waals surface area contributed by atoms with E-state index in [1.165, 1.54) is 0 Å². The average Bonchev–Trinajstić information content (AvgIpc) is 2.99. The number of carbonyl (C=O) groups excluding carboxylic acids is 1. The van der Waals surface area contributed by atoms with Gasteiger partial charge in [-0.25, -0.2) is 9.67 Å². The Morgan fingerprint density at radius 1 is 1.48 bits per heavy atom. The van der Waals surface area contributed by atoms with E-state index in [1.54, 1.807) is 34.1 Å². The molecule has 1 fully saturated rings. The summed E-state index contributed by atoms with van der Waals surface area (Å²) in [6.07, 6.45) is 5.10. The third kappa shape index (κ3) is 2.80. The van der Waals surface area contributed by atoms with Gasteiger partial charge in [0.05, 0.1) is 18.8 Å². The van der Waals surface area contributed by atoms with Crippen LogP contribution in [0.1, 0.15) is 17.3 Å². The van der Waals surface area contributed by atoms with Crippen molar-refractivity contribution in [2.45, 2.75) is 6.92 Å². The normalized spacial score (nSPS) is 16.3. The lowest BCUT2D eigenvalue weighted by molar-refractivity contribution is -0.109. The molecule has 110 valence electrons. The molecule has 0 bridgehead atoms. The molecule has 0 aromatic carbocycles. The van der Waals surface area contributed by atoms with Crippen molar-refractivity contribution in [3.8, 4) is 5.82 Å². The van der Waals surface area contributed by atoms with E-state index >= 15 is 0 Å². The van der Waals surface area contributed by atoms with E-state index in [0.717, 1.165) is 0 Å². The van der Waals surface area contributed by atoms with Crippen molar-refractivity contribution in [1.29, 1.82) is 0 Å². The molecule has 3 heterocycles. The van der Waals surface area contributed by atoms with Crippen molar-refractivity contribution in [2.75, 3.05) is 26.8 Å². The molecule has 0 aliphatic carbocycles. The minimum atomic E-state index is -0.0253. The van der Waals surface area contributed by atoms with Crippen LogP contribution in [0.15, 0.2) is 36.8 Å². The van der Waals surface area contributed by atoms with E-state index in [0.29, 0.717) is 31.1 Å². The summed E-state index contributed by atoms with van der Waals surface area (Å²) in [5, 5.41) is 4.11. The van der Waals surface area contributed by atoms with Gasteiger partial charge in [0.15, 0.2) is 5.82 Å². The first kappa shape index (κ1) is 13.8. The molecule has 0 saturated carbocycles. The van der Waals surface area contributed by atoms with Crippen LogP contribution in [0.2, 0.25) is 0 Å². The molecule has 0 atom stereocenters. The monoisotopic (exact) mass is 286 g/mol. The largest absolute Gasteiger partial charge is 0.380 e. The molecule has 1 aliphatic rings. The Labute approximate surface area is 123 Å². The number of hydrogen-bond donors (Lipinski definition) is 0. The molecule has 0 radical (unpaired) electrons. The summed E-state index contributed by atoms with van der Waals surface area (Å²) in [6.45, 7) is 4.23. The van der Waals surface area contributed by atoms with Crippen LogP contribution < -0.4 is 0 Å². The van der Waals surface area contributed by atoms with Crippen molar-refractivity contribution in [3.63, 3.8) is 0 Å². The van der Waals surface area contributed by atoms with Gasteiger partial charge in [0.1, 0.15) is 0 Å². The summed E-state index contributed by atoms with van der Waals surface area (Å²) in [5.74, 6) is 0.668. The van der Waals surface area contributed by atoms with Gasteiger partial charge in [-0.2, -0.15) is 5.10 Å². The summed E-state index contributed by atoms with van der Waals surface area (Å²) >= 11 is 0. The number of nitrogens with zero attached hydrogens (tertiary/aromatic N) is 4. The molecule has 0 N–H and O–H groups in total. The molecular formula is C15H18N4O2. The fourth-order valence-corrected chi connectivity index (χ4v) is 2.46. The van der Waals surface area contributed by atoms with Gasteiger partial charge in [0, 0.05) is 37.6 Å². The van der Waals surface area contributed by atoms with Crippen molar-refractivity contribution in [1.82, 2.24) is 19.7 Å². The highest BCUT2D eigenvalue weighted by atomic mass is 16.5. The first-order valence-corrected chi connectivity index (χ1v) is 6.87. The minimum Gasteiger partial charge on any atom is -0.380 e. The lowest BCUT2D eigenvalue weighted by Gasteiger charge is -2.40. The molecule has 2 aromatic rings. The second kappa shape index (κ2) is 5.29. The first-order chi connectivity index (χ1) is 10.1. The topological polar surface area (TPSA) is 60.2 Å². The van der Waals surface area contributed by atoms with E-state index in [9.17, 15) is 4.79 Å². The molecule has 2 aromatic heterocycles. The summed E-state index contributed by atoms with van der Waals surface area (Å²) in [4.78, 5) is 18.4. The lowest BCUT2D eigenvalue weighted by atomic mass is 9.88. The zero-order valence-corrected chi connectivity index (χ0v) is 12.2. The van der Waals surface area contributed by atoms with Crippen molar-refractivity contribution in [3.05, 3.63) is 42.4 Å². The van der Waals surface area contributed by atoms with Crippen LogP contribution in [0, 0.1) is 5.41 Å². The molecule has 1 saturated heterocycles. The molecule has 3 rings (SSSR count). The van der Waals surface area contributed by atoms with E-state index in [-0.39, 0.29) is 11.3 Å². The molecule has 1 aliphatic heterocycles. The van der Waals surface area contributed by atoms with Crippen molar-refractivity contribution < 1.29 is 9.53 Å². The summed E-state index contributed by atoms with van der Waals surface area (Å²) in [7, 11) is 1.81. The van der Waals surface area contributed by atoms with Crippen molar-refractivity contribution >= 4 is 5.91 Å². The molecular weight excluding hydrogens is 268 g/mol. The smallest absolute Gasteiger partial charge is 0.255 e. The lowest BCUT2D eigenvalue weighted by Crippen LogP contribution is -2.49. The zero-order valence-electron chi connectivity index (χ0n) is 12.2. The highest BCUT2D eigenvalue weighted by Gasteiger charge is 2.35. The van der Waals surface area contributed by atoms with E-state index in [4.69, 9.17) is 4.74 Å². The van der Waals surface area contributed by atoms with Gasteiger partial charge in [0.25, 0.3) is 5.91 Å². The fraction of sp³-hybridized carbons (Fsp3) is 0.400. The summed E-state index contributed by atoms with van der Waals surface area (Å²) in [6, 6.07) is 5.40. The maximum absolute atomic E-state index is 12.4. The Hall–Kier alpha value is -2.21. The third-order valence-corrected chi connectivity index (χ3v) is 3.60. The van der Waals surface area contributed by atoms with Gasteiger partial charge in [-0.3, -0.25) is 4.79 Å².